The number of carbonyl (C=O) groups excluding carboxylic acids is 3. The Kier molecular flexibility index (Phi) is 6.17. The van der Waals surface area contributed by atoms with Crippen LogP contribution in [0.4, 0.5) is 4.79 Å². The average Bonchev–Trinajstić information content (AvgIpc) is 3.22. The lowest BCUT2D eigenvalue weighted by Crippen LogP contribution is -2.58. The Morgan fingerprint density at radius 1 is 1.21 bits per heavy atom. The van der Waals surface area contributed by atoms with Crippen molar-refractivity contribution in [3.8, 4) is 0 Å². The highest BCUT2D eigenvalue weighted by molar-refractivity contribution is 6.08. The van der Waals surface area contributed by atoms with Crippen LogP contribution in [-0.2, 0) is 19.1 Å². The predicted molar refractivity (Wildman–Crippen MR) is 97.3 cm³/mol. The third-order valence-corrected chi connectivity index (χ3v) is 4.58. The van der Waals surface area contributed by atoms with E-state index in [0.717, 1.165) is 0 Å². The van der Waals surface area contributed by atoms with Gasteiger partial charge in [0.15, 0.2) is 5.92 Å². The second-order valence-electron chi connectivity index (χ2n) is 6.30. The third-order valence-electron chi connectivity index (χ3n) is 4.58. The maximum absolute atomic E-state index is 12.7. The summed E-state index contributed by atoms with van der Waals surface area (Å²) in [5.74, 6) is -1.48. The molecule has 1 N–H and O–H groups in total. The van der Waals surface area contributed by atoms with Gasteiger partial charge in [-0.05, 0) is 26.0 Å². The van der Waals surface area contributed by atoms with E-state index in [-0.39, 0.29) is 12.7 Å². The molecule has 3 heterocycles. The summed E-state index contributed by atoms with van der Waals surface area (Å²) >= 11 is 0. The summed E-state index contributed by atoms with van der Waals surface area (Å²) in [7, 11) is 0. The van der Waals surface area contributed by atoms with Crippen LogP contribution in [0.25, 0.3) is 0 Å². The highest BCUT2D eigenvalue weighted by Crippen LogP contribution is 2.31. The van der Waals surface area contributed by atoms with Gasteiger partial charge in [0.1, 0.15) is 11.8 Å². The topological polar surface area (TPSA) is 114 Å². The van der Waals surface area contributed by atoms with Crippen LogP contribution < -0.4 is 5.32 Å². The molecule has 28 heavy (non-hydrogen) atoms. The molecule has 0 radical (unpaired) electrons. The number of ether oxygens (including phenoxy) is 2. The molecular weight excluding hydrogens is 368 g/mol. The molecule has 0 spiro atoms. The van der Waals surface area contributed by atoms with Gasteiger partial charge in [0, 0.05) is 26.2 Å². The minimum absolute atomic E-state index is 0.167. The van der Waals surface area contributed by atoms with E-state index in [1.165, 1.54) is 6.26 Å². The number of hydrogen-bond acceptors (Lipinski definition) is 8. The molecule has 0 aromatic carbocycles. The summed E-state index contributed by atoms with van der Waals surface area (Å²) in [6.07, 6.45) is 1.12. The fraction of sp³-hybridized carbons (Fsp3) is 0.556. The lowest BCUT2D eigenvalue weighted by Gasteiger charge is -2.38. The molecule has 0 bridgehead atoms. The van der Waals surface area contributed by atoms with Crippen LogP contribution in [0, 0.1) is 5.92 Å². The van der Waals surface area contributed by atoms with Crippen molar-refractivity contribution in [2.24, 2.45) is 10.9 Å². The monoisotopic (exact) mass is 392 g/mol. The van der Waals surface area contributed by atoms with Gasteiger partial charge in [0.2, 0.25) is 11.9 Å². The Balaban J connectivity index is 1.77. The van der Waals surface area contributed by atoms with Crippen molar-refractivity contribution in [1.29, 1.82) is 0 Å². The Hall–Kier alpha value is -3.04. The van der Waals surface area contributed by atoms with Crippen LogP contribution in [0.5, 0.6) is 0 Å². The molecular formula is C18H24N4O6. The standard InChI is InChI=1S/C18H24N4O6/c1-3-26-16(24)13-14(12-6-5-11-28-12)19-17(20-15(13)23)21-7-9-22(10-8-21)18(25)27-4-2/h5-6,11,13-14H,3-4,7-10H2,1-2H3,(H,19,20,23)/t13-,14-/m1/s1. The molecule has 2 atom stereocenters. The van der Waals surface area contributed by atoms with Gasteiger partial charge in [0.05, 0.1) is 19.5 Å². The largest absolute Gasteiger partial charge is 0.467 e. The van der Waals surface area contributed by atoms with Crippen LogP contribution in [0.2, 0.25) is 0 Å². The van der Waals surface area contributed by atoms with E-state index in [4.69, 9.17) is 13.9 Å². The number of guanidine groups is 1. The highest BCUT2D eigenvalue weighted by atomic mass is 16.6. The first kappa shape index (κ1) is 19.7. The molecule has 2 amide bonds. The second-order valence-corrected chi connectivity index (χ2v) is 6.30. The van der Waals surface area contributed by atoms with Crippen molar-refractivity contribution in [2.45, 2.75) is 19.9 Å². The predicted octanol–water partition coefficient (Wildman–Crippen LogP) is 0.760. The van der Waals surface area contributed by atoms with E-state index in [0.29, 0.717) is 44.5 Å². The zero-order chi connectivity index (χ0) is 20.1. The molecule has 10 heteroatoms. The summed E-state index contributed by atoms with van der Waals surface area (Å²) in [5.41, 5.74) is 0. The zero-order valence-electron chi connectivity index (χ0n) is 15.9. The molecule has 2 aliphatic heterocycles. The van der Waals surface area contributed by atoms with E-state index in [2.05, 4.69) is 10.3 Å². The van der Waals surface area contributed by atoms with Gasteiger partial charge in [-0.2, -0.15) is 0 Å². The number of rotatable bonds is 4. The van der Waals surface area contributed by atoms with Crippen molar-refractivity contribution in [3.63, 3.8) is 0 Å². The minimum Gasteiger partial charge on any atom is -0.467 e. The van der Waals surface area contributed by atoms with Gasteiger partial charge in [-0.25, -0.2) is 9.79 Å². The Morgan fingerprint density at radius 3 is 2.54 bits per heavy atom. The van der Waals surface area contributed by atoms with Crippen molar-refractivity contribution in [2.75, 3.05) is 39.4 Å². The number of hydrogen-bond donors (Lipinski definition) is 1. The van der Waals surface area contributed by atoms with Crippen LogP contribution >= 0.6 is 0 Å². The lowest BCUT2D eigenvalue weighted by molar-refractivity contribution is -0.153. The summed E-state index contributed by atoms with van der Waals surface area (Å²) in [6.45, 7) is 5.77. The first-order chi connectivity index (χ1) is 13.5. The van der Waals surface area contributed by atoms with E-state index < -0.39 is 23.8 Å². The smallest absolute Gasteiger partial charge is 0.409 e. The number of carbonyl (C=O) groups is 3. The summed E-state index contributed by atoms with van der Waals surface area (Å²) in [5, 5.41) is 2.70. The van der Waals surface area contributed by atoms with Gasteiger partial charge < -0.3 is 23.7 Å². The fourth-order valence-corrected chi connectivity index (χ4v) is 3.20. The summed E-state index contributed by atoms with van der Waals surface area (Å²) in [6, 6.07) is 2.55. The molecule has 0 unspecified atom stereocenters. The lowest BCUT2D eigenvalue weighted by atomic mass is 9.95. The quantitative estimate of drug-likeness (QED) is 0.594. The van der Waals surface area contributed by atoms with Gasteiger partial charge in [-0.1, -0.05) is 0 Å². The van der Waals surface area contributed by atoms with Crippen LogP contribution in [0.15, 0.2) is 27.8 Å². The molecule has 0 saturated carbocycles. The highest BCUT2D eigenvalue weighted by Gasteiger charge is 2.43. The molecule has 1 saturated heterocycles. The summed E-state index contributed by atoms with van der Waals surface area (Å²) < 4.78 is 15.5. The molecule has 1 fully saturated rings. The Labute approximate surface area is 162 Å². The average molecular weight is 392 g/mol. The zero-order valence-corrected chi connectivity index (χ0v) is 15.9. The van der Waals surface area contributed by atoms with Crippen molar-refractivity contribution in [3.05, 3.63) is 24.2 Å². The van der Waals surface area contributed by atoms with E-state index in [9.17, 15) is 14.4 Å². The maximum atomic E-state index is 12.7. The first-order valence-corrected chi connectivity index (χ1v) is 9.30. The van der Waals surface area contributed by atoms with Crippen molar-refractivity contribution < 1.29 is 28.3 Å². The number of nitrogens with one attached hydrogen (secondary N) is 1. The molecule has 0 aliphatic carbocycles. The van der Waals surface area contributed by atoms with Crippen LogP contribution in [0.3, 0.4) is 0 Å². The number of aliphatic imine (C=N–C) groups is 1. The fourth-order valence-electron chi connectivity index (χ4n) is 3.20. The Morgan fingerprint density at radius 2 is 1.93 bits per heavy atom. The number of esters is 1. The SMILES string of the molecule is CCOC(=O)[C@H]1C(=O)NC(N2CCN(C(=O)OCC)CC2)=N[C@@H]1c1ccco1. The number of amides is 2. The van der Waals surface area contributed by atoms with E-state index >= 15 is 0 Å². The van der Waals surface area contributed by atoms with Gasteiger partial charge >= 0.3 is 12.1 Å². The number of nitrogens with zero attached hydrogens (tertiary/aromatic N) is 3. The molecule has 1 aromatic heterocycles. The van der Waals surface area contributed by atoms with E-state index in [1.54, 1.807) is 30.9 Å². The number of piperazine rings is 1. The van der Waals surface area contributed by atoms with Gasteiger partial charge in [-0.3, -0.25) is 14.9 Å². The van der Waals surface area contributed by atoms with Crippen LogP contribution in [0.1, 0.15) is 25.6 Å². The maximum Gasteiger partial charge on any atom is 0.409 e. The third kappa shape index (κ3) is 4.10. The normalized spacial score (nSPS) is 22.4. The van der Waals surface area contributed by atoms with Gasteiger partial charge in [0.25, 0.3) is 0 Å². The molecule has 1 aromatic rings. The molecule has 10 nitrogen and oxygen atoms in total. The first-order valence-electron chi connectivity index (χ1n) is 9.30. The Bertz CT molecular complexity index is 739. The van der Waals surface area contributed by atoms with E-state index in [1.807, 2.05) is 4.90 Å². The van der Waals surface area contributed by atoms with Crippen molar-refractivity contribution >= 4 is 23.9 Å². The molecule has 3 rings (SSSR count). The molecule has 152 valence electrons. The second kappa shape index (κ2) is 8.77. The number of furan rings is 1. The van der Waals surface area contributed by atoms with Crippen LogP contribution in [-0.4, -0.2) is 73.1 Å². The summed E-state index contributed by atoms with van der Waals surface area (Å²) in [4.78, 5) is 44.9. The van der Waals surface area contributed by atoms with Gasteiger partial charge in [-0.15, -0.1) is 0 Å². The van der Waals surface area contributed by atoms with Crippen molar-refractivity contribution in [1.82, 2.24) is 15.1 Å². The molecule has 2 aliphatic rings. The minimum atomic E-state index is -1.12.